The molecule has 0 saturated carbocycles. The first-order valence-corrected chi connectivity index (χ1v) is 20.0. The van der Waals surface area contributed by atoms with Crippen LogP contribution in [-0.4, -0.2) is 0 Å². The molecule has 3 aliphatic carbocycles. The van der Waals surface area contributed by atoms with Gasteiger partial charge in [0.05, 0.1) is 0 Å². The van der Waals surface area contributed by atoms with Crippen molar-refractivity contribution in [3.63, 3.8) is 0 Å². The van der Waals surface area contributed by atoms with E-state index in [1.807, 2.05) is 0 Å². The van der Waals surface area contributed by atoms with Crippen molar-refractivity contribution in [2.45, 2.75) is 38.5 Å². The van der Waals surface area contributed by atoms with Crippen LogP contribution in [0.25, 0.3) is 99.4 Å². The zero-order valence-corrected chi connectivity index (χ0v) is 32.2. The Balaban J connectivity index is 1.06. The Bertz CT molecular complexity index is 3170. The van der Waals surface area contributed by atoms with Gasteiger partial charge in [-0.05, 0) is 152 Å². The van der Waals surface area contributed by atoms with Crippen molar-refractivity contribution in [2.75, 3.05) is 0 Å². The van der Waals surface area contributed by atoms with Crippen molar-refractivity contribution >= 4 is 21.5 Å². The molecule has 0 aromatic heterocycles. The summed E-state index contributed by atoms with van der Waals surface area (Å²) in [7, 11) is 0. The maximum absolute atomic E-state index is 2.52. The molecule has 3 aliphatic rings. The Labute approximate surface area is 328 Å². The zero-order valence-electron chi connectivity index (χ0n) is 32.2. The van der Waals surface area contributed by atoms with E-state index in [1.54, 1.807) is 0 Å². The summed E-state index contributed by atoms with van der Waals surface area (Å²) in [5, 5.41) is 5.22. The van der Waals surface area contributed by atoms with Crippen LogP contribution in [0.1, 0.15) is 49.9 Å². The van der Waals surface area contributed by atoms with Gasteiger partial charge in [0, 0.05) is 10.8 Å². The second kappa shape index (κ2) is 11.1. The van der Waals surface area contributed by atoms with E-state index in [9.17, 15) is 0 Å². The van der Waals surface area contributed by atoms with Crippen LogP contribution in [0.15, 0.2) is 170 Å². The average molecular weight is 713 g/mol. The molecule has 0 heterocycles. The summed E-state index contributed by atoms with van der Waals surface area (Å²) in [4.78, 5) is 0. The van der Waals surface area contributed by atoms with Gasteiger partial charge in [0.1, 0.15) is 0 Å². The Morgan fingerprint density at radius 2 is 0.875 bits per heavy atom. The second-order valence-corrected chi connectivity index (χ2v) is 17.2. The standard InChI is InChI=1S/C56H40/c1-55(2)48-23-11-10-20-40(48)45-31-51-46(32-50(45)55)41-27-24-36(30-49(41)56(51,3)4)38-26-25-37(29-44(38)33-14-6-5-7-15-33)53-39-19-9-8-16-35(39)28-47-42-21-12-17-34-18-13-22-43(52(34)42)54(47)53/h5-32H,1-4H3. The summed E-state index contributed by atoms with van der Waals surface area (Å²) in [5.74, 6) is 0. The van der Waals surface area contributed by atoms with Gasteiger partial charge in [-0.15, -0.1) is 0 Å². The third-order valence-electron chi connectivity index (χ3n) is 13.6. The molecule has 0 bridgehead atoms. The van der Waals surface area contributed by atoms with E-state index in [2.05, 4.69) is 198 Å². The molecule has 0 heteroatoms. The lowest BCUT2D eigenvalue weighted by molar-refractivity contribution is 0.652. The first-order chi connectivity index (χ1) is 27.3. The lowest BCUT2D eigenvalue weighted by atomic mass is 9.79. The maximum Gasteiger partial charge on any atom is 0.0159 e. The van der Waals surface area contributed by atoms with Crippen LogP contribution in [0.4, 0.5) is 0 Å². The van der Waals surface area contributed by atoms with Gasteiger partial charge in [-0.2, -0.15) is 0 Å². The van der Waals surface area contributed by atoms with Crippen LogP contribution in [0.2, 0.25) is 0 Å². The van der Waals surface area contributed by atoms with Crippen LogP contribution in [0.5, 0.6) is 0 Å². The fourth-order valence-corrected chi connectivity index (χ4v) is 10.8. The largest absolute Gasteiger partial charge is 0.0622 e. The molecule has 0 N–H and O–H groups in total. The molecule has 0 fully saturated rings. The molecule has 0 unspecified atom stereocenters. The molecule has 9 aromatic rings. The molecular weight excluding hydrogens is 673 g/mol. The molecule has 0 radical (unpaired) electrons. The minimum absolute atomic E-state index is 0.0281. The van der Waals surface area contributed by atoms with Crippen molar-refractivity contribution in [3.05, 3.63) is 192 Å². The molecule has 9 aromatic carbocycles. The second-order valence-electron chi connectivity index (χ2n) is 17.2. The van der Waals surface area contributed by atoms with Gasteiger partial charge < -0.3 is 0 Å². The summed E-state index contributed by atoms with van der Waals surface area (Å²) >= 11 is 0. The van der Waals surface area contributed by atoms with E-state index < -0.39 is 0 Å². The van der Waals surface area contributed by atoms with Gasteiger partial charge in [-0.3, -0.25) is 0 Å². The quantitative estimate of drug-likeness (QED) is 0.171. The van der Waals surface area contributed by atoms with Gasteiger partial charge in [0.25, 0.3) is 0 Å². The molecule has 0 aliphatic heterocycles. The third kappa shape index (κ3) is 4.14. The minimum atomic E-state index is -0.135. The van der Waals surface area contributed by atoms with Crippen LogP contribution < -0.4 is 0 Å². The summed E-state index contributed by atoms with van der Waals surface area (Å²) in [5.41, 5.74) is 24.0. The molecule has 56 heavy (non-hydrogen) atoms. The fraction of sp³-hybridized carbons (Fsp3) is 0.107. The highest BCUT2D eigenvalue weighted by Gasteiger charge is 2.41. The Morgan fingerprint density at radius 1 is 0.286 bits per heavy atom. The Kier molecular flexibility index (Phi) is 6.28. The molecule has 0 atom stereocenters. The first kappa shape index (κ1) is 31.8. The molecular formula is C56H40. The zero-order chi connectivity index (χ0) is 37.5. The fourth-order valence-electron chi connectivity index (χ4n) is 10.8. The van der Waals surface area contributed by atoms with Gasteiger partial charge in [0.2, 0.25) is 0 Å². The lowest BCUT2D eigenvalue weighted by Crippen LogP contribution is -2.17. The van der Waals surface area contributed by atoms with Gasteiger partial charge >= 0.3 is 0 Å². The van der Waals surface area contributed by atoms with Crippen LogP contribution in [0.3, 0.4) is 0 Å². The maximum atomic E-state index is 2.52. The first-order valence-electron chi connectivity index (χ1n) is 20.0. The molecule has 0 spiro atoms. The predicted octanol–water partition coefficient (Wildman–Crippen LogP) is 15.3. The summed E-state index contributed by atoms with van der Waals surface area (Å²) in [6.45, 7) is 9.60. The van der Waals surface area contributed by atoms with E-state index in [0.717, 1.165) is 0 Å². The van der Waals surface area contributed by atoms with Gasteiger partial charge in [-0.1, -0.05) is 167 Å². The number of benzene rings is 9. The van der Waals surface area contributed by atoms with Crippen molar-refractivity contribution in [3.8, 4) is 77.9 Å². The summed E-state index contributed by atoms with van der Waals surface area (Å²) in [6, 6.07) is 64.4. The Morgan fingerprint density at radius 3 is 1.68 bits per heavy atom. The lowest BCUT2D eigenvalue weighted by Gasteiger charge is -2.24. The normalized spacial score (nSPS) is 14.7. The van der Waals surface area contributed by atoms with E-state index in [1.165, 1.54) is 122 Å². The van der Waals surface area contributed by atoms with Crippen molar-refractivity contribution < 1.29 is 0 Å². The van der Waals surface area contributed by atoms with Crippen molar-refractivity contribution in [2.24, 2.45) is 0 Å². The summed E-state index contributed by atoms with van der Waals surface area (Å²) < 4.78 is 0. The minimum Gasteiger partial charge on any atom is -0.0622 e. The van der Waals surface area contributed by atoms with Gasteiger partial charge in [0.15, 0.2) is 0 Å². The molecule has 0 amide bonds. The van der Waals surface area contributed by atoms with Crippen LogP contribution >= 0.6 is 0 Å². The SMILES string of the molecule is CC1(C)c2ccccc2-c2cc3c(cc21)-c1ccc(-c2ccc(-c4c5c(cc6ccccc46)-c4cccc6cccc-5c46)cc2-c2ccccc2)cc1C3(C)C. The van der Waals surface area contributed by atoms with Crippen LogP contribution in [0, 0.1) is 0 Å². The van der Waals surface area contributed by atoms with E-state index in [-0.39, 0.29) is 10.8 Å². The monoisotopic (exact) mass is 712 g/mol. The topological polar surface area (TPSA) is 0 Å². The molecule has 264 valence electrons. The highest BCUT2D eigenvalue weighted by atomic mass is 14.4. The van der Waals surface area contributed by atoms with Crippen LogP contribution in [-0.2, 0) is 10.8 Å². The molecule has 0 nitrogen and oxygen atoms in total. The van der Waals surface area contributed by atoms with Crippen molar-refractivity contribution in [1.82, 2.24) is 0 Å². The number of hydrogen-bond acceptors (Lipinski definition) is 0. The summed E-state index contributed by atoms with van der Waals surface area (Å²) in [6.07, 6.45) is 0. The third-order valence-corrected chi connectivity index (χ3v) is 13.6. The molecule has 12 rings (SSSR count). The number of rotatable bonds is 3. The van der Waals surface area contributed by atoms with E-state index in [0.29, 0.717) is 0 Å². The highest BCUT2D eigenvalue weighted by molar-refractivity contribution is 6.22. The van der Waals surface area contributed by atoms with E-state index >= 15 is 0 Å². The van der Waals surface area contributed by atoms with E-state index in [4.69, 9.17) is 0 Å². The predicted molar refractivity (Wildman–Crippen MR) is 237 cm³/mol. The smallest absolute Gasteiger partial charge is 0.0159 e. The highest BCUT2D eigenvalue weighted by Crippen LogP contribution is 2.57. The number of fused-ring (bicyclic) bond motifs is 10. The number of hydrogen-bond donors (Lipinski definition) is 0. The Hall–Kier alpha value is -6.50. The van der Waals surface area contributed by atoms with Gasteiger partial charge in [-0.25, -0.2) is 0 Å². The average Bonchev–Trinajstić information content (AvgIpc) is 3.76. The molecule has 0 saturated heterocycles. The van der Waals surface area contributed by atoms with Crippen molar-refractivity contribution in [1.29, 1.82) is 0 Å².